The Labute approximate surface area is 138 Å². The molecule has 1 aromatic heterocycles. The van der Waals surface area contributed by atoms with Gasteiger partial charge in [0.1, 0.15) is 10.8 Å². The standard InChI is InChI=1S/C15H27N3O2S2/c1-5-18-7-6-14(8-12(18)2)17(3)9-13-10-21-15(16-13)11-22(4,19)20/h10,12,14H,5-9,11H2,1-4H3/t12-,14+/m1/s1. The van der Waals surface area contributed by atoms with E-state index in [0.717, 1.165) is 25.3 Å². The fraction of sp³-hybridized carbons (Fsp3) is 0.800. The molecule has 1 aliphatic heterocycles. The van der Waals surface area contributed by atoms with Crippen LogP contribution in [-0.4, -0.2) is 61.7 Å². The zero-order valence-corrected chi connectivity index (χ0v) is 15.6. The number of sulfone groups is 1. The van der Waals surface area contributed by atoms with E-state index in [-0.39, 0.29) is 5.75 Å². The predicted octanol–water partition coefficient (Wildman–Crippen LogP) is 1.99. The highest BCUT2D eigenvalue weighted by Crippen LogP contribution is 2.22. The van der Waals surface area contributed by atoms with E-state index in [1.165, 1.54) is 30.4 Å². The van der Waals surface area contributed by atoms with Gasteiger partial charge < -0.3 is 4.90 Å². The van der Waals surface area contributed by atoms with Crippen molar-refractivity contribution in [2.45, 2.75) is 51.1 Å². The normalized spacial score (nSPS) is 24.0. The molecule has 5 nitrogen and oxygen atoms in total. The zero-order valence-electron chi connectivity index (χ0n) is 13.9. The number of thiazole rings is 1. The van der Waals surface area contributed by atoms with Crippen LogP contribution in [0.2, 0.25) is 0 Å². The van der Waals surface area contributed by atoms with E-state index >= 15 is 0 Å². The van der Waals surface area contributed by atoms with Gasteiger partial charge in [-0.05, 0) is 39.9 Å². The van der Waals surface area contributed by atoms with Crippen LogP contribution in [0.3, 0.4) is 0 Å². The average Bonchev–Trinajstić information content (AvgIpc) is 2.83. The fourth-order valence-electron chi connectivity index (χ4n) is 3.16. The first-order valence-electron chi connectivity index (χ1n) is 7.83. The van der Waals surface area contributed by atoms with E-state index in [0.29, 0.717) is 17.1 Å². The molecule has 0 radical (unpaired) electrons. The summed E-state index contributed by atoms with van der Waals surface area (Å²) >= 11 is 1.44. The van der Waals surface area contributed by atoms with E-state index in [1.807, 2.05) is 5.38 Å². The second kappa shape index (κ2) is 7.38. The molecule has 1 fully saturated rings. The largest absolute Gasteiger partial charge is 0.301 e. The van der Waals surface area contributed by atoms with Gasteiger partial charge in [-0.1, -0.05) is 6.92 Å². The number of hydrogen-bond acceptors (Lipinski definition) is 6. The SMILES string of the molecule is CCN1CC[C@H](N(C)Cc2csc(CS(C)(=O)=O)n2)C[C@H]1C. The summed E-state index contributed by atoms with van der Waals surface area (Å²) in [5.74, 6) is 0.0489. The Hall–Kier alpha value is -0.500. The van der Waals surface area contributed by atoms with Crippen molar-refractivity contribution in [2.75, 3.05) is 26.4 Å². The molecule has 0 bridgehead atoms. The summed E-state index contributed by atoms with van der Waals surface area (Å²) in [5, 5.41) is 2.68. The zero-order chi connectivity index (χ0) is 16.3. The van der Waals surface area contributed by atoms with E-state index in [1.54, 1.807) is 0 Å². The van der Waals surface area contributed by atoms with Crippen molar-refractivity contribution in [3.05, 3.63) is 16.1 Å². The molecule has 0 aliphatic carbocycles. The van der Waals surface area contributed by atoms with Gasteiger partial charge in [0, 0.05) is 30.3 Å². The van der Waals surface area contributed by atoms with Gasteiger partial charge in [-0.3, -0.25) is 4.90 Å². The van der Waals surface area contributed by atoms with Crippen LogP contribution in [0.15, 0.2) is 5.38 Å². The Morgan fingerprint density at radius 1 is 1.50 bits per heavy atom. The minimum atomic E-state index is -3.00. The maximum absolute atomic E-state index is 11.3. The van der Waals surface area contributed by atoms with Crippen LogP contribution in [0.5, 0.6) is 0 Å². The lowest BCUT2D eigenvalue weighted by Crippen LogP contribution is -2.47. The third kappa shape index (κ3) is 5.01. The first-order chi connectivity index (χ1) is 10.3. The molecular weight excluding hydrogens is 318 g/mol. The van der Waals surface area contributed by atoms with E-state index in [9.17, 15) is 8.42 Å². The lowest BCUT2D eigenvalue weighted by atomic mass is 9.97. The van der Waals surface area contributed by atoms with Gasteiger partial charge in [0.05, 0.1) is 5.69 Å². The Morgan fingerprint density at radius 3 is 2.82 bits per heavy atom. The summed E-state index contributed by atoms with van der Waals surface area (Å²) in [6.45, 7) is 7.60. The number of piperidine rings is 1. The van der Waals surface area contributed by atoms with Crippen molar-refractivity contribution in [3.63, 3.8) is 0 Å². The van der Waals surface area contributed by atoms with Crippen molar-refractivity contribution in [3.8, 4) is 0 Å². The van der Waals surface area contributed by atoms with Gasteiger partial charge >= 0.3 is 0 Å². The molecule has 0 aromatic carbocycles. The molecule has 0 N–H and O–H groups in total. The third-order valence-electron chi connectivity index (χ3n) is 4.41. The van der Waals surface area contributed by atoms with Crippen LogP contribution >= 0.6 is 11.3 Å². The molecule has 0 unspecified atom stereocenters. The van der Waals surface area contributed by atoms with Gasteiger partial charge in [0.25, 0.3) is 0 Å². The Morgan fingerprint density at radius 2 is 2.23 bits per heavy atom. The number of nitrogens with zero attached hydrogens (tertiary/aromatic N) is 3. The highest BCUT2D eigenvalue weighted by Gasteiger charge is 2.27. The van der Waals surface area contributed by atoms with Crippen molar-refractivity contribution >= 4 is 21.2 Å². The number of likely N-dealkylation sites (tertiary alicyclic amines) is 1. The molecule has 22 heavy (non-hydrogen) atoms. The molecule has 0 spiro atoms. The highest BCUT2D eigenvalue weighted by atomic mass is 32.2. The molecule has 0 saturated carbocycles. The Balaban J connectivity index is 1.91. The van der Waals surface area contributed by atoms with Crippen LogP contribution in [0.25, 0.3) is 0 Å². The van der Waals surface area contributed by atoms with E-state index < -0.39 is 9.84 Å². The van der Waals surface area contributed by atoms with Crippen molar-refractivity contribution < 1.29 is 8.42 Å². The molecule has 126 valence electrons. The molecule has 0 amide bonds. The van der Waals surface area contributed by atoms with Gasteiger partial charge in [-0.2, -0.15) is 0 Å². The lowest BCUT2D eigenvalue weighted by molar-refractivity contribution is 0.0858. The minimum Gasteiger partial charge on any atom is -0.301 e. The molecule has 2 rings (SSSR count). The number of aromatic nitrogens is 1. The summed E-state index contributed by atoms with van der Waals surface area (Å²) in [6.07, 6.45) is 3.63. The lowest BCUT2D eigenvalue weighted by Gasteiger charge is -2.40. The molecule has 2 heterocycles. The Kier molecular flexibility index (Phi) is 5.99. The van der Waals surface area contributed by atoms with Gasteiger partial charge in [0.2, 0.25) is 0 Å². The van der Waals surface area contributed by atoms with E-state index in [2.05, 4.69) is 35.7 Å². The summed E-state index contributed by atoms with van der Waals surface area (Å²) in [4.78, 5) is 9.36. The molecule has 7 heteroatoms. The minimum absolute atomic E-state index is 0.0489. The van der Waals surface area contributed by atoms with Crippen molar-refractivity contribution in [1.29, 1.82) is 0 Å². The smallest absolute Gasteiger partial charge is 0.153 e. The number of hydrogen-bond donors (Lipinski definition) is 0. The summed E-state index contributed by atoms with van der Waals surface area (Å²) < 4.78 is 22.7. The first-order valence-corrected chi connectivity index (χ1v) is 10.8. The number of rotatable bonds is 6. The topological polar surface area (TPSA) is 53.5 Å². The molecular formula is C15H27N3O2S2. The molecule has 1 saturated heterocycles. The van der Waals surface area contributed by atoms with Crippen molar-refractivity contribution in [2.24, 2.45) is 0 Å². The van der Waals surface area contributed by atoms with E-state index in [4.69, 9.17) is 0 Å². The maximum Gasteiger partial charge on any atom is 0.153 e. The second-order valence-corrected chi connectivity index (χ2v) is 9.46. The van der Waals surface area contributed by atoms with Crippen LogP contribution < -0.4 is 0 Å². The Bertz CT molecular complexity index is 585. The van der Waals surface area contributed by atoms with Crippen LogP contribution in [0.1, 0.15) is 37.4 Å². The molecule has 1 aliphatic rings. The van der Waals surface area contributed by atoms with Crippen LogP contribution in [0, 0.1) is 0 Å². The summed E-state index contributed by atoms with van der Waals surface area (Å²) in [5.41, 5.74) is 0.983. The second-order valence-electron chi connectivity index (χ2n) is 6.37. The predicted molar refractivity (Wildman–Crippen MR) is 91.9 cm³/mol. The summed E-state index contributed by atoms with van der Waals surface area (Å²) in [7, 11) is -0.853. The molecule has 2 atom stereocenters. The monoisotopic (exact) mass is 345 g/mol. The average molecular weight is 346 g/mol. The molecule has 1 aromatic rings. The summed E-state index contributed by atoms with van der Waals surface area (Å²) in [6, 6.07) is 1.21. The van der Waals surface area contributed by atoms with Gasteiger partial charge in [-0.25, -0.2) is 13.4 Å². The van der Waals surface area contributed by atoms with Gasteiger partial charge in [0.15, 0.2) is 9.84 Å². The van der Waals surface area contributed by atoms with Gasteiger partial charge in [-0.15, -0.1) is 11.3 Å². The third-order valence-corrected chi connectivity index (χ3v) is 6.29. The highest BCUT2D eigenvalue weighted by molar-refractivity contribution is 7.90. The first kappa shape index (κ1) is 17.8. The van der Waals surface area contributed by atoms with Crippen molar-refractivity contribution in [1.82, 2.24) is 14.8 Å². The fourth-order valence-corrected chi connectivity index (χ4v) is 5.16. The quantitative estimate of drug-likeness (QED) is 0.789. The maximum atomic E-state index is 11.3. The van der Waals surface area contributed by atoms with Crippen LogP contribution in [0.4, 0.5) is 0 Å². The van der Waals surface area contributed by atoms with Crippen LogP contribution in [-0.2, 0) is 22.1 Å².